The van der Waals surface area contributed by atoms with E-state index in [0.29, 0.717) is 30.0 Å². The molecule has 1 saturated carbocycles. The third-order valence-electron chi connectivity index (χ3n) is 9.23. The van der Waals surface area contributed by atoms with Crippen molar-refractivity contribution < 1.29 is 19.4 Å². The van der Waals surface area contributed by atoms with Gasteiger partial charge in [0.15, 0.2) is 0 Å². The lowest BCUT2D eigenvalue weighted by Gasteiger charge is -2.45. The number of aliphatic hydroxyl groups is 1. The van der Waals surface area contributed by atoms with Crippen molar-refractivity contribution in [3.8, 4) is 0 Å². The lowest BCUT2D eigenvalue weighted by atomic mass is 9.88. The fraction of sp³-hybridized carbons (Fsp3) is 0.630. The fourth-order valence-electron chi connectivity index (χ4n) is 6.37. The number of benzene rings is 1. The molecule has 4 fully saturated rings. The summed E-state index contributed by atoms with van der Waals surface area (Å²) >= 11 is 6.70. The number of anilines is 2. The fourth-order valence-corrected chi connectivity index (χ4v) is 6.66. The summed E-state index contributed by atoms with van der Waals surface area (Å²) in [5.74, 6) is 1.11. The summed E-state index contributed by atoms with van der Waals surface area (Å²) in [6.45, 7) is 10.1. The molecule has 36 heavy (non-hydrogen) atoms. The number of fused-ring (bicyclic) bond motifs is 1. The molecule has 3 saturated heterocycles. The second-order valence-electron chi connectivity index (χ2n) is 11.4. The molecule has 1 aromatic carbocycles. The molecule has 0 radical (unpaired) electrons. The van der Waals surface area contributed by atoms with Crippen LogP contribution in [0.5, 0.6) is 0 Å². The maximum Gasteiger partial charge on any atom is 0.229 e. The number of carbonyl (C=O) groups excluding carboxylic acids is 1. The van der Waals surface area contributed by atoms with E-state index in [1.165, 1.54) is 0 Å². The summed E-state index contributed by atoms with van der Waals surface area (Å²) < 4.78 is 11.1. The Morgan fingerprint density at radius 1 is 1.14 bits per heavy atom. The van der Waals surface area contributed by atoms with Crippen LogP contribution in [0.2, 0.25) is 5.02 Å². The van der Waals surface area contributed by atoms with E-state index in [2.05, 4.69) is 40.0 Å². The molecule has 0 spiro atoms. The highest BCUT2D eigenvalue weighted by Gasteiger charge is 2.59. The highest BCUT2D eigenvalue weighted by atomic mass is 35.5. The smallest absolute Gasteiger partial charge is 0.229 e. The molecule has 4 heterocycles. The van der Waals surface area contributed by atoms with Crippen LogP contribution >= 0.6 is 11.6 Å². The molecule has 1 aromatic heterocycles. The second kappa shape index (κ2) is 9.10. The molecular formula is C27H35ClN4O4. The van der Waals surface area contributed by atoms with Gasteiger partial charge in [-0.3, -0.25) is 9.69 Å². The Labute approximate surface area is 216 Å². The minimum atomic E-state index is -0.463. The lowest BCUT2D eigenvalue weighted by Crippen LogP contribution is -2.60. The maximum absolute atomic E-state index is 13.0. The van der Waals surface area contributed by atoms with Gasteiger partial charge in [-0.25, -0.2) is 4.98 Å². The lowest BCUT2D eigenvalue weighted by molar-refractivity contribution is -0.118. The van der Waals surface area contributed by atoms with Crippen LogP contribution in [0.15, 0.2) is 24.4 Å². The van der Waals surface area contributed by atoms with E-state index >= 15 is 0 Å². The Morgan fingerprint density at radius 2 is 1.94 bits per heavy atom. The zero-order valence-electron chi connectivity index (χ0n) is 21.0. The number of aromatic nitrogens is 1. The molecule has 4 aliphatic rings. The van der Waals surface area contributed by atoms with Crippen molar-refractivity contribution >= 4 is 39.8 Å². The number of carbonyl (C=O) groups is 1. The Hall–Kier alpha value is -1.97. The van der Waals surface area contributed by atoms with Gasteiger partial charge in [-0.05, 0) is 54.7 Å². The number of nitrogens with one attached hydrogen (secondary N) is 1. The van der Waals surface area contributed by atoms with Crippen LogP contribution in [0, 0.1) is 17.3 Å². The average Bonchev–Trinajstić information content (AvgIpc) is 3.19. The summed E-state index contributed by atoms with van der Waals surface area (Å²) in [7, 11) is 0. The van der Waals surface area contributed by atoms with Crippen molar-refractivity contribution in [1.82, 2.24) is 9.88 Å². The number of rotatable bonds is 5. The van der Waals surface area contributed by atoms with E-state index in [1.54, 1.807) is 6.20 Å². The summed E-state index contributed by atoms with van der Waals surface area (Å²) in [5, 5.41) is 16.1. The molecule has 2 N–H and O–H groups in total. The number of pyridine rings is 1. The van der Waals surface area contributed by atoms with E-state index in [9.17, 15) is 9.90 Å². The average molecular weight is 515 g/mol. The van der Waals surface area contributed by atoms with Gasteiger partial charge >= 0.3 is 0 Å². The molecule has 1 aliphatic carbocycles. The van der Waals surface area contributed by atoms with E-state index < -0.39 is 6.10 Å². The molecule has 6 rings (SSSR count). The van der Waals surface area contributed by atoms with Crippen LogP contribution in [0.25, 0.3) is 10.8 Å². The number of ether oxygens (including phenoxy) is 2. The maximum atomic E-state index is 13.0. The van der Waals surface area contributed by atoms with Crippen LogP contribution in [-0.4, -0.2) is 85.1 Å². The van der Waals surface area contributed by atoms with Crippen molar-refractivity contribution in [2.45, 2.75) is 38.3 Å². The van der Waals surface area contributed by atoms with Crippen molar-refractivity contribution in [2.75, 3.05) is 62.8 Å². The first-order chi connectivity index (χ1) is 17.3. The first kappa shape index (κ1) is 24.4. The Kier molecular flexibility index (Phi) is 6.16. The van der Waals surface area contributed by atoms with Crippen LogP contribution in [-0.2, 0) is 14.3 Å². The minimum absolute atomic E-state index is 0.0180. The zero-order valence-corrected chi connectivity index (χ0v) is 21.8. The molecule has 1 amide bonds. The Balaban J connectivity index is 1.15. The number of hydrogen-bond acceptors (Lipinski definition) is 7. The molecule has 5 atom stereocenters. The first-order valence-electron chi connectivity index (χ1n) is 13.0. The number of aliphatic hydroxyl groups excluding tert-OH is 1. The second-order valence-corrected chi connectivity index (χ2v) is 11.8. The van der Waals surface area contributed by atoms with E-state index in [0.717, 1.165) is 68.7 Å². The number of hydrogen-bond donors (Lipinski definition) is 2. The van der Waals surface area contributed by atoms with Crippen LogP contribution in [0.3, 0.4) is 0 Å². The minimum Gasteiger partial charge on any atom is -0.389 e. The van der Waals surface area contributed by atoms with Crippen molar-refractivity contribution in [1.29, 1.82) is 0 Å². The predicted molar refractivity (Wildman–Crippen MR) is 140 cm³/mol. The zero-order chi connectivity index (χ0) is 25.1. The molecule has 9 heteroatoms. The summed E-state index contributed by atoms with van der Waals surface area (Å²) in [6, 6.07) is 5.98. The van der Waals surface area contributed by atoms with Crippen molar-refractivity contribution in [3.63, 3.8) is 0 Å². The molecular weight excluding hydrogens is 480 g/mol. The number of piperazine rings is 1. The number of nitrogens with zero attached hydrogens (tertiary/aromatic N) is 3. The van der Waals surface area contributed by atoms with Gasteiger partial charge in [-0.2, -0.15) is 0 Å². The van der Waals surface area contributed by atoms with Gasteiger partial charge in [-0.15, -0.1) is 0 Å². The molecule has 194 valence electrons. The summed E-state index contributed by atoms with van der Waals surface area (Å²) in [5.41, 5.74) is 0.690. The predicted octanol–water partition coefficient (Wildman–Crippen LogP) is 3.16. The van der Waals surface area contributed by atoms with E-state index in [-0.39, 0.29) is 22.8 Å². The highest BCUT2D eigenvalue weighted by molar-refractivity contribution is 6.34. The third-order valence-corrected chi connectivity index (χ3v) is 9.53. The quantitative estimate of drug-likeness (QED) is 0.633. The Morgan fingerprint density at radius 3 is 2.64 bits per heavy atom. The standard InChI is InChI=1S/C27H35ClN4O4/c1-26(19-3-8-35-14-19)12-20(26)25(34)30-24-11-17-10-22(21(28)9-18(17)13-29-24)31-4-6-32(7-5-31)27(2)16-36-15-23(27)33/h9-11,13,19-20,23,33H,3-8,12,14-16H2,1-2H3,(H,29,30,34)/t19?,20-,23+,26+,27-/m1/s1. The molecule has 1 unspecified atom stereocenters. The van der Waals surface area contributed by atoms with Crippen LogP contribution < -0.4 is 10.2 Å². The van der Waals surface area contributed by atoms with Gasteiger partial charge in [-0.1, -0.05) is 18.5 Å². The van der Waals surface area contributed by atoms with Gasteiger partial charge in [0.05, 0.1) is 42.2 Å². The van der Waals surface area contributed by atoms with Gasteiger partial charge in [0, 0.05) is 50.3 Å². The van der Waals surface area contributed by atoms with Crippen molar-refractivity contribution in [3.05, 3.63) is 29.4 Å². The van der Waals surface area contributed by atoms with Gasteiger partial charge in [0.1, 0.15) is 5.82 Å². The SMILES string of the molecule is C[C@@]1(C2CCOC2)C[C@@H]1C(=O)Nc1cc2cc(N3CCN([C@]4(C)COC[C@@H]4O)CC3)c(Cl)cc2cn1. The van der Waals surface area contributed by atoms with Gasteiger partial charge in [0.25, 0.3) is 0 Å². The molecule has 0 bridgehead atoms. The number of amides is 1. The van der Waals surface area contributed by atoms with E-state index in [1.807, 2.05) is 12.1 Å². The van der Waals surface area contributed by atoms with Crippen LogP contribution in [0.1, 0.15) is 26.7 Å². The normalized spacial score (nSPS) is 34.9. The Bertz CT molecular complexity index is 1170. The highest BCUT2D eigenvalue weighted by Crippen LogP contribution is 2.59. The third kappa shape index (κ3) is 4.17. The van der Waals surface area contributed by atoms with E-state index in [4.69, 9.17) is 21.1 Å². The molecule has 3 aliphatic heterocycles. The molecule has 2 aromatic rings. The first-order valence-corrected chi connectivity index (χ1v) is 13.4. The largest absolute Gasteiger partial charge is 0.389 e. The monoisotopic (exact) mass is 514 g/mol. The van der Waals surface area contributed by atoms with Crippen molar-refractivity contribution in [2.24, 2.45) is 17.3 Å². The number of halogens is 1. The van der Waals surface area contributed by atoms with Gasteiger partial charge in [0.2, 0.25) is 5.91 Å². The molecule has 8 nitrogen and oxygen atoms in total. The van der Waals surface area contributed by atoms with Crippen LogP contribution in [0.4, 0.5) is 11.5 Å². The topological polar surface area (TPSA) is 87.2 Å². The summed E-state index contributed by atoms with van der Waals surface area (Å²) in [6.07, 6.45) is 3.26. The summed E-state index contributed by atoms with van der Waals surface area (Å²) in [4.78, 5) is 22.1. The van der Waals surface area contributed by atoms with Gasteiger partial charge < -0.3 is 24.8 Å².